The van der Waals surface area contributed by atoms with Crippen molar-refractivity contribution in [3.63, 3.8) is 0 Å². The summed E-state index contributed by atoms with van der Waals surface area (Å²) in [7, 11) is 1.55. The maximum absolute atomic E-state index is 14.5. The molecule has 1 aromatic carbocycles. The van der Waals surface area contributed by atoms with Crippen LogP contribution >= 0.6 is 34.3 Å². The summed E-state index contributed by atoms with van der Waals surface area (Å²) in [5, 5.41) is 12.9. The van der Waals surface area contributed by atoms with Crippen LogP contribution in [-0.4, -0.2) is 40.3 Å². The van der Waals surface area contributed by atoms with Gasteiger partial charge in [0.15, 0.2) is 5.78 Å². The van der Waals surface area contributed by atoms with Crippen LogP contribution in [0.2, 0.25) is 4.34 Å². The van der Waals surface area contributed by atoms with Gasteiger partial charge in [-0.15, -0.1) is 22.7 Å². The summed E-state index contributed by atoms with van der Waals surface area (Å²) in [6, 6.07) is 11.8. The van der Waals surface area contributed by atoms with Crippen molar-refractivity contribution in [2.75, 3.05) is 7.11 Å². The summed E-state index contributed by atoms with van der Waals surface area (Å²) in [5.41, 5.74) is -0.0884. The number of carboxylic acids is 1. The molecule has 0 spiro atoms. The highest BCUT2D eigenvalue weighted by molar-refractivity contribution is 7.18. The van der Waals surface area contributed by atoms with E-state index in [0.29, 0.717) is 20.5 Å². The van der Waals surface area contributed by atoms with E-state index in [1.54, 1.807) is 49.3 Å². The Kier molecular flexibility index (Phi) is 7.91. The van der Waals surface area contributed by atoms with E-state index in [0.717, 1.165) is 42.5 Å². The predicted molar refractivity (Wildman–Crippen MR) is 154 cm³/mol. The first-order valence-electron chi connectivity index (χ1n) is 13.2. The van der Waals surface area contributed by atoms with Crippen molar-refractivity contribution in [1.29, 1.82) is 0 Å². The van der Waals surface area contributed by atoms with Gasteiger partial charge in [0.2, 0.25) is 5.91 Å². The Balaban J connectivity index is 1.79. The number of ether oxygens (including phenoxy) is 1. The minimum atomic E-state index is -1.68. The second-order valence-corrected chi connectivity index (χ2v) is 13.3. The van der Waals surface area contributed by atoms with Gasteiger partial charge in [-0.05, 0) is 73.5 Å². The summed E-state index contributed by atoms with van der Waals surface area (Å²) in [4.78, 5) is 45.2. The molecule has 2 aromatic heterocycles. The number of aryl methyl sites for hydroxylation is 1. The van der Waals surface area contributed by atoms with Gasteiger partial charge in [-0.3, -0.25) is 9.59 Å². The second-order valence-electron chi connectivity index (χ2n) is 10.7. The summed E-state index contributed by atoms with van der Waals surface area (Å²) in [6.07, 6.45) is 4.40. The molecular weight excluding hydrogens is 554 g/mol. The average Bonchev–Trinajstić information content (AvgIpc) is 3.64. The number of carbonyl (C=O) groups is 3. The number of carbonyl (C=O) groups excluding carboxylic acids is 2. The third-order valence-corrected chi connectivity index (χ3v) is 10.8. The van der Waals surface area contributed by atoms with E-state index >= 15 is 0 Å². The highest BCUT2D eigenvalue weighted by Crippen LogP contribution is 2.59. The highest BCUT2D eigenvalue weighted by Gasteiger charge is 2.65. The maximum atomic E-state index is 14.5. The summed E-state index contributed by atoms with van der Waals surface area (Å²) in [5.74, 6) is -2.87. The fourth-order valence-corrected chi connectivity index (χ4v) is 8.62. The monoisotopic (exact) mass is 585 g/mol. The molecule has 1 saturated carbocycles. The molecule has 0 bridgehead atoms. The molecule has 6 nitrogen and oxygen atoms in total. The van der Waals surface area contributed by atoms with Gasteiger partial charge in [-0.1, -0.05) is 43.0 Å². The third-order valence-electron chi connectivity index (χ3n) is 8.45. The van der Waals surface area contributed by atoms with Gasteiger partial charge >= 0.3 is 5.97 Å². The van der Waals surface area contributed by atoms with Crippen LogP contribution in [0.3, 0.4) is 0 Å². The molecule has 9 heteroatoms. The molecule has 39 heavy (non-hydrogen) atoms. The number of ketones is 1. The van der Waals surface area contributed by atoms with Crippen LogP contribution in [0.1, 0.15) is 76.7 Å². The summed E-state index contributed by atoms with van der Waals surface area (Å²) < 4.78 is 5.97. The normalized spacial score (nSPS) is 25.5. The molecule has 2 fully saturated rings. The number of carboxylic acid groups (broad SMARTS) is 1. The lowest BCUT2D eigenvalue weighted by Crippen LogP contribution is -2.55. The number of amides is 1. The molecule has 206 valence electrons. The van der Waals surface area contributed by atoms with Crippen molar-refractivity contribution in [2.45, 2.75) is 63.5 Å². The fraction of sp³-hybridized carbons (Fsp3) is 0.433. The standard InChI is InChI=1S/C30H32ClNO5S2/c1-17-14-15-38-27(17)25-23(26(33)21-12-13-22(31)39-21)24(19-10-7-11-20(16-19)37-3)30(2,29(35)36)32(25)28(34)18-8-5-4-6-9-18/h7,10-16,18,23-25H,4-6,8-9H2,1-3H3,(H,35,36). The zero-order valence-electron chi connectivity index (χ0n) is 22.2. The minimum absolute atomic E-state index is 0.176. The van der Waals surface area contributed by atoms with Crippen LogP contribution in [0.4, 0.5) is 0 Å². The highest BCUT2D eigenvalue weighted by atomic mass is 35.5. The first-order chi connectivity index (χ1) is 18.7. The van der Waals surface area contributed by atoms with Gasteiger partial charge in [-0.2, -0.15) is 0 Å². The number of halogens is 1. The van der Waals surface area contributed by atoms with Crippen molar-refractivity contribution in [2.24, 2.45) is 11.8 Å². The van der Waals surface area contributed by atoms with Crippen molar-refractivity contribution >= 4 is 51.9 Å². The van der Waals surface area contributed by atoms with Crippen molar-refractivity contribution in [3.8, 4) is 5.75 Å². The number of Topliss-reactive ketones (excluding diaryl/α,β-unsaturated/α-hetero) is 1. The molecule has 0 radical (unpaired) electrons. The topological polar surface area (TPSA) is 83.9 Å². The molecule has 1 N–H and O–H groups in total. The average molecular weight is 586 g/mol. The predicted octanol–water partition coefficient (Wildman–Crippen LogP) is 7.37. The van der Waals surface area contributed by atoms with Gasteiger partial charge in [-0.25, -0.2) is 4.79 Å². The van der Waals surface area contributed by atoms with Crippen LogP contribution in [0.5, 0.6) is 5.75 Å². The number of aliphatic carboxylic acids is 1. The molecule has 2 aliphatic rings. The number of rotatable bonds is 7. The molecule has 5 rings (SSSR count). The molecule has 1 saturated heterocycles. The summed E-state index contributed by atoms with van der Waals surface area (Å²) in [6.45, 7) is 3.57. The number of hydrogen-bond donors (Lipinski definition) is 1. The molecule has 1 amide bonds. The number of thiophene rings is 2. The second kappa shape index (κ2) is 11.1. The Morgan fingerprint density at radius 2 is 1.85 bits per heavy atom. The van der Waals surface area contributed by atoms with E-state index in [2.05, 4.69) is 0 Å². The van der Waals surface area contributed by atoms with Crippen LogP contribution in [0, 0.1) is 18.8 Å². The first kappa shape index (κ1) is 27.9. The third kappa shape index (κ3) is 4.81. The molecule has 3 heterocycles. The van der Waals surface area contributed by atoms with E-state index in [-0.39, 0.29) is 17.6 Å². The lowest BCUT2D eigenvalue weighted by molar-refractivity contribution is -0.160. The van der Waals surface area contributed by atoms with Gasteiger partial charge < -0.3 is 14.7 Å². The zero-order valence-corrected chi connectivity index (χ0v) is 24.6. The maximum Gasteiger partial charge on any atom is 0.330 e. The number of hydrogen-bond acceptors (Lipinski definition) is 6. The molecule has 4 unspecified atom stereocenters. The van der Waals surface area contributed by atoms with Gasteiger partial charge in [0.05, 0.1) is 28.3 Å². The Labute approximate surface area is 241 Å². The van der Waals surface area contributed by atoms with Crippen LogP contribution in [-0.2, 0) is 9.59 Å². The van der Waals surface area contributed by atoms with E-state index in [1.165, 1.54) is 22.7 Å². The SMILES string of the molecule is COc1cccc(C2C(C(=O)c3ccc(Cl)s3)C(c3sccc3C)N(C(=O)C3CCCCC3)C2(C)C(=O)O)c1. The van der Waals surface area contributed by atoms with E-state index in [9.17, 15) is 19.5 Å². The molecule has 3 aromatic rings. The van der Waals surface area contributed by atoms with E-state index < -0.39 is 29.4 Å². The first-order valence-corrected chi connectivity index (χ1v) is 15.3. The smallest absolute Gasteiger partial charge is 0.330 e. The van der Waals surface area contributed by atoms with Crippen LogP contribution < -0.4 is 4.74 Å². The largest absolute Gasteiger partial charge is 0.497 e. The summed E-state index contributed by atoms with van der Waals surface area (Å²) >= 11 is 8.89. The Morgan fingerprint density at radius 3 is 2.44 bits per heavy atom. The molecule has 4 atom stereocenters. The van der Waals surface area contributed by atoms with Crippen molar-refractivity contribution in [3.05, 3.63) is 73.1 Å². The number of nitrogens with zero attached hydrogens (tertiary/aromatic N) is 1. The number of benzene rings is 1. The van der Waals surface area contributed by atoms with Crippen LogP contribution in [0.25, 0.3) is 0 Å². The number of methoxy groups -OCH3 is 1. The fourth-order valence-electron chi connectivity index (χ4n) is 6.52. The molecular formula is C30H32ClNO5S2. The molecule has 1 aliphatic heterocycles. The van der Waals surface area contributed by atoms with Gasteiger partial charge in [0.25, 0.3) is 0 Å². The van der Waals surface area contributed by atoms with Gasteiger partial charge in [0, 0.05) is 16.7 Å². The zero-order chi connectivity index (χ0) is 27.9. The Hall–Kier alpha value is -2.68. The van der Waals surface area contributed by atoms with Crippen molar-refractivity contribution < 1.29 is 24.2 Å². The van der Waals surface area contributed by atoms with Crippen molar-refractivity contribution in [1.82, 2.24) is 4.90 Å². The van der Waals surface area contributed by atoms with Gasteiger partial charge in [0.1, 0.15) is 11.3 Å². The van der Waals surface area contributed by atoms with E-state index in [1.807, 2.05) is 24.4 Å². The minimum Gasteiger partial charge on any atom is -0.497 e. The molecule has 1 aliphatic carbocycles. The Morgan fingerprint density at radius 1 is 1.10 bits per heavy atom. The quantitative estimate of drug-likeness (QED) is 0.293. The van der Waals surface area contributed by atoms with Crippen LogP contribution in [0.15, 0.2) is 47.8 Å². The van der Waals surface area contributed by atoms with E-state index in [4.69, 9.17) is 16.3 Å². The Bertz CT molecular complexity index is 1390. The lowest BCUT2D eigenvalue weighted by Gasteiger charge is -2.40. The lowest BCUT2D eigenvalue weighted by atomic mass is 9.72. The number of likely N-dealkylation sites (tertiary alicyclic amines) is 1.